The Hall–Kier alpha value is -2.89. The minimum absolute atomic E-state index is 0.0368. The second-order valence-electron chi connectivity index (χ2n) is 7.54. The first-order chi connectivity index (χ1) is 15.7. The largest absolute Gasteiger partial charge is 0.465 e. The molecule has 0 saturated carbocycles. The third-order valence-corrected chi connectivity index (χ3v) is 7.60. The normalized spacial score (nSPS) is 14.4. The predicted molar refractivity (Wildman–Crippen MR) is 124 cm³/mol. The molecule has 1 aromatic carbocycles. The number of hydrogen-bond acceptors (Lipinski definition) is 7. The third-order valence-electron chi connectivity index (χ3n) is 5.59. The van der Waals surface area contributed by atoms with Crippen LogP contribution in [-0.4, -0.2) is 75.7 Å². The van der Waals surface area contributed by atoms with Gasteiger partial charge in [0.05, 0.1) is 31.6 Å². The lowest BCUT2D eigenvalue weighted by Crippen LogP contribution is -2.36. The molecule has 0 radical (unpaired) electrons. The number of hydrogen-bond donors (Lipinski definition) is 1. The highest BCUT2D eigenvalue weighted by Crippen LogP contribution is 2.26. The van der Waals surface area contributed by atoms with Gasteiger partial charge in [0.25, 0.3) is 5.91 Å². The van der Waals surface area contributed by atoms with Crippen molar-refractivity contribution in [2.75, 3.05) is 56.7 Å². The highest BCUT2D eigenvalue weighted by Gasteiger charge is 2.26. The van der Waals surface area contributed by atoms with Gasteiger partial charge < -0.3 is 24.3 Å². The number of nitrogens with zero attached hydrogens (tertiary/aromatic N) is 3. The third kappa shape index (κ3) is 5.21. The Morgan fingerprint density at radius 2 is 1.82 bits per heavy atom. The van der Waals surface area contributed by atoms with E-state index in [0.717, 1.165) is 5.69 Å². The highest BCUT2D eigenvalue weighted by molar-refractivity contribution is 7.89. The van der Waals surface area contributed by atoms with Gasteiger partial charge in [-0.1, -0.05) is 13.8 Å². The molecule has 1 aromatic heterocycles. The summed E-state index contributed by atoms with van der Waals surface area (Å²) in [7, 11) is -0.839. The van der Waals surface area contributed by atoms with Crippen LogP contribution in [0.3, 0.4) is 0 Å². The van der Waals surface area contributed by atoms with Gasteiger partial charge in [0.2, 0.25) is 10.0 Å². The van der Waals surface area contributed by atoms with Gasteiger partial charge in [-0.3, -0.25) is 4.79 Å². The van der Waals surface area contributed by atoms with E-state index in [1.165, 1.54) is 28.2 Å². The lowest BCUT2D eigenvalue weighted by atomic mass is 10.1. The molecule has 2 heterocycles. The van der Waals surface area contributed by atoms with Crippen molar-refractivity contribution < 1.29 is 27.5 Å². The lowest BCUT2D eigenvalue weighted by molar-refractivity contribution is 0.0602. The van der Waals surface area contributed by atoms with Gasteiger partial charge in [0.1, 0.15) is 10.6 Å². The molecule has 2 aromatic rings. The minimum atomic E-state index is -3.71. The molecule has 180 valence electrons. The van der Waals surface area contributed by atoms with Crippen molar-refractivity contribution in [3.05, 3.63) is 41.7 Å². The van der Waals surface area contributed by atoms with Crippen LogP contribution in [0.4, 0.5) is 11.4 Å². The molecule has 0 spiro atoms. The zero-order valence-electron chi connectivity index (χ0n) is 19.3. The highest BCUT2D eigenvalue weighted by atomic mass is 32.2. The average molecular weight is 479 g/mol. The first-order valence-electron chi connectivity index (χ1n) is 10.8. The summed E-state index contributed by atoms with van der Waals surface area (Å²) in [4.78, 5) is 27.6. The van der Waals surface area contributed by atoms with E-state index in [-0.39, 0.29) is 21.8 Å². The van der Waals surface area contributed by atoms with E-state index in [4.69, 9.17) is 9.47 Å². The molecule has 1 fully saturated rings. The Morgan fingerprint density at radius 1 is 1.15 bits per heavy atom. The quantitative estimate of drug-likeness (QED) is 0.577. The molecule has 0 atom stereocenters. The molecule has 3 rings (SSSR count). The van der Waals surface area contributed by atoms with Crippen molar-refractivity contribution in [1.29, 1.82) is 0 Å². The fourth-order valence-corrected chi connectivity index (χ4v) is 5.27. The molecule has 33 heavy (non-hydrogen) atoms. The van der Waals surface area contributed by atoms with E-state index in [9.17, 15) is 18.0 Å². The smallest absolute Gasteiger partial charge is 0.340 e. The van der Waals surface area contributed by atoms with Crippen LogP contribution in [0, 0.1) is 0 Å². The second-order valence-corrected chi connectivity index (χ2v) is 9.47. The van der Waals surface area contributed by atoms with Crippen molar-refractivity contribution in [3.63, 3.8) is 0 Å². The van der Waals surface area contributed by atoms with Crippen molar-refractivity contribution in [3.8, 4) is 0 Å². The average Bonchev–Trinajstić information content (AvgIpc) is 3.22. The number of aromatic nitrogens is 1. The number of aryl methyl sites for hydroxylation is 1. The number of nitrogens with one attached hydrogen (secondary N) is 1. The zero-order chi connectivity index (χ0) is 24.2. The van der Waals surface area contributed by atoms with E-state index in [0.29, 0.717) is 39.4 Å². The van der Waals surface area contributed by atoms with Crippen LogP contribution in [0.15, 0.2) is 35.4 Å². The fraction of sp³-hybridized carbons (Fsp3) is 0.455. The number of carbonyl (C=O) groups is 2. The summed E-state index contributed by atoms with van der Waals surface area (Å²) >= 11 is 0. The Labute approximate surface area is 194 Å². The monoisotopic (exact) mass is 478 g/mol. The number of benzene rings is 1. The van der Waals surface area contributed by atoms with Crippen molar-refractivity contribution in [2.24, 2.45) is 7.05 Å². The molecule has 10 nitrogen and oxygen atoms in total. The van der Waals surface area contributed by atoms with E-state index in [1.54, 1.807) is 33.0 Å². The number of rotatable bonds is 8. The van der Waals surface area contributed by atoms with E-state index in [2.05, 4.69) is 10.2 Å². The topological polar surface area (TPSA) is 110 Å². The SMILES string of the molecule is CCN(CC)S(=O)(=O)c1cc(C(=O)Nc2ccc(N3CCOCC3)cc2C(=O)OC)n(C)c1. The van der Waals surface area contributed by atoms with Gasteiger partial charge in [-0.05, 0) is 24.3 Å². The number of ether oxygens (including phenoxy) is 2. The molecule has 1 aliphatic heterocycles. The van der Waals surface area contributed by atoms with Gasteiger partial charge >= 0.3 is 5.97 Å². The zero-order valence-corrected chi connectivity index (χ0v) is 20.1. The molecule has 1 aliphatic rings. The molecule has 1 amide bonds. The van der Waals surface area contributed by atoms with Gasteiger partial charge in [-0.2, -0.15) is 4.31 Å². The predicted octanol–water partition coefficient (Wildman–Crippen LogP) is 1.93. The summed E-state index contributed by atoms with van der Waals surface area (Å²) in [5.41, 5.74) is 1.45. The van der Waals surface area contributed by atoms with E-state index in [1.807, 2.05) is 6.07 Å². The van der Waals surface area contributed by atoms with Gasteiger partial charge in [-0.25, -0.2) is 13.2 Å². The second kappa shape index (κ2) is 10.4. The van der Waals surface area contributed by atoms with E-state index >= 15 is 0 Å². The molecule has 0 unspecified atom stereocenters. The van der Waals surface area contributed by atoms with Crippen molar-refractivity contribution in [1.82, 2.24) is 8.87 Å². The number of morpholine rings is 1. The molecule has 0 aliphatic carbocycles. The van der Waals surface area contributed by atoms with Crippen LogP contribution in [-0.2, 0) is 26.5 Å². The van der Waals surface area contributed by atoms with Crippen LogP contribution < -0.4 is 10.2 Å². The molecule has 0 bridgehead atoms. The van der Waals surface area contributed by atoms with Gasteiger partial charge in [-0.15, -0.1) is 0 Å². The fourth-order valence-electron chi connectivity index (χ4n) is 3.74. The maximum absolute atomic E-state index is 13.0. The van der Waals surface area contributed by atoms with Crippen molar-refractivity contribution in [2.45, 2.75) is 18.7 Å². The van der Waals surface area contributed by atoms with Crippen LogP contribution in [0.25, 0.3) is 0 Å². The molecule has 1 N–H and O–H groups in total. The van der Waals surface area contributed by atoms with Gasteiger partial charge in [0, 0.05) is 45.1 Å². The lowest BCUT2D eigenvalue weighted by Gasteiger charge is -2.29. The summed E-state index contributed by atoms with van der Waals surface area (Å²) in [6.45, 7) is 6.75. The first kappa shape index (κ1) is 24.7. The Morgan fingerprint density at radius 3 is 2.42 bits per heavy atom. The summed E-state index contributed by atoms with van der Waals surface area (Å²) in [5.74, 6) is -1.13. The van der Waals surface area contributed by atoms with E-state index < -0.39 is 21.9 Å². The standard InChI is InChI=1S/C22H30N4O6S/c1-5-26(6-2)33(29,30)17-14-20(24(3)15-17)21(27)23-19-8-7-16(13-18(19)22(28)31-4)25-9-11-32-12-10-25/h7-8,13-15H,5-6,9-12H2,1-4H3,(H,23,27). The van der Waals surface area contributed by atoms with Crippen molar-refractivity contribution >= 4 is 33.3 Å². The maximum atomic E-state index is 13.0. The molecular formula is C22H30N4O6S. The summed E-state index contributed by atoms with van der Waals surface area (Å²) in [6.07, 6.45) is 1.41. The first-order valence-corrected chi connectivity index (χ1v) is 12.2. The number of esters is 1. The molecule has 11 heteroatoms. The Kier molecular flexibility index (Phi) is 7.77. The summed E-state index contributed by atoms with van der Waals surface area (Å²) < 4.78 is 38.7. The summed E-state index contributed by atoms with van der Waals surface area (Å²) in [5, 5.41) is 2.72. The summed E-state index contributed by atoms with van der Waals surface area (Å²) in [6, 6.07) is 6.47. The maximum Gasteiger partial charge on any atom is 0.340 e. The van der Waals surface area contributed by atoms with Crippen LogP contribution >= 0.6 is 0 Å². The molecular weight excluding hydrogens is 448 g/mol. The van der Waals surface area contributed by atoms with Crippen LogP contribution in [0.2, 0.25) is 0 Å². The van der Waals surface area contributed by atoms with Crippen LogP contribution in [0.5, 0.6) is 0 Å². The van der Waals surface area contributed by atoms with Crippen LogP contribution in [0.1, 0.15) is 34.7 Å². The number of carbonyl (C=O) groups excluding carboxylic acids is 2. The van der Waals surface area contributed by atoms with Gasteiger partial charge in [0.15, 0.2) is 0 Å². The Bertz CT molecular complexity index is 1120. The number of sulfonamides is 1. The number of amides is 1. The number of methoxy groups -OCH3 is 1. The Balaban J connectivity index is 1.89. The number of anilines is 2. The molecule has 1 saturated heterocycles. The minimum Gasteiger partial charge on any atom is -0.465 e.